The van der Waals surface area contributed by atoms with Crippen LogP contribution < -0.4 is 18.9 Å². The summed E-state index contributed by atoms with van der Waals surface area (Å²) in [6, 6.07) is 11.5. The van der Waals surface area contributed by atoms with Gasteiger partial charge in [0.25, 0.3) is 0 Å². The van der Waals surface area contributed by atoms with E-state index in [1.165, 1.54) is 0 Å². The molecule has 1 N–H and O–H groups in total. The third-order valence-corrected chi connectivity index (χ3v) is 4.08. The zero-order valence-electron chi connectivity index (χ0n) is 14.1. The first-order chi connectivity index (χ1) is 12.3. The number of rotatable bonds is 6. The maximum absolute atomic E-state index is 5.75. The number of methoxy groups -OCH3 is 1. The maximum Gasteiger partial charge on any atom is 0.163 e. The summed E-state index contributed by atoms with van der Waals surface area (Å²) < 4.78 is 22.1. The molecule has 4 rings (SSSR count). The number of hydrogen-bond acceptors (Lipinski definition) is 5. The number of aromatic amines is 1. The lowest BCUT2D eigenvalue weighted by Crippen LogP contribution is -2.15. The molecule has 3 aromatic rings. The van der Waals surface area contributed by atoms with E-state index < -0.39 is 0 Å². The van der Waals surface area contributed by atoms with E-state index in [0.29, 0.717) is 19.8 Å². The van der Waals surface area contributed by atoms with Crippen molar-refractivity contribution >= 4 is 11.0 Å². The second kappa shape index (κ2) is 6.93. The van der Waals surface area contributed by atoms with Gasteiger partial charge in [-0.3, -0.25) is 0 Å². The molecule has 0 aliphatic carbocycles. The third-order valence-electron chi connectivity index (χ3n) is 4.08. The monoisotopic (exact) mass is 340 g/mol. The van der Waals surface area contributed by atoms with Gasteiger partial charge in [-0.15, -0.1) is 0 Å². The average molecular weight is 340 g/mol. The largest absolute Gasteiger partial charge is 0.497 e. The van der Waals surface area contributed by atoms with Crippen LogP contribution in [-0.4, -0.2) is 36.9 Å². The first-order valence-electron chi connectivity index (χ1n) is 8.37. The molecule has 1 aliphatic rings. The molecule has 0 fully saturated rings. The van der Waals surface area contributed by atoms with Gasteiger partial charge in [-0.2, -0.15) is 0 Å². The molecule has 0 atom stereocenters. The number of aryl methyl sites for hydroxylation is 1. The molecule has 25 heavy (non-hydrogen) atoms. The zero-order chi connectivity index (χ0) is 17.1. The Bertz CT molecular complexity index is 815. The number of benzene rings is 2. The van der Waals surface area contributed by atoms with E-state index in [1.807, 2.05) is 36.4 Å². The van der Waals surface area contributed by atoms with Crippen molar-refractivity contribution < 1.29 is 18.9 Å². The highest BCUT2D eigenvalue weighted by atomic mass is 16.6. The summed E-state index contributed by atoms with van der Waals surface area (Å²) in [6.45, 7) is 1.80. The molecule has 0 radical (unpaired) electrons. The number of H-pyrrole nitrogens is 1. The van der Waals surface area contributed by atoms with Gasteiger partial charge in [0.2, 0.25) is 0 Å². The smallest absolute Gasteiger partial charge is 0.163 e. The van der Waals surface area contributed by atoms with Crippen LogP contribution in [0.25, 0.3) is 11.0 Å². The van der Waals surface area contributed by atoms with Crippen LogP contribution in [0.4, 0.5) is 0 Å². The quantitative estimate of drug-likeness (QED) is 0.697. The Kier molecular flexibility index (Phi) is 4.33. The molecule has 2 heterocycles. The second-order valence-corrected chi connectivity index (χ2v) is 5.82. The molecule has 6 nitrogen and oxygen atoms in total. The van der Waals surface area contributed by atoms with E-state index in [1.54, 1.807) is 7.11 Å². The molecule has 0 amide bonds. The predicted molar refractivity (Wildman–Crippen MR) is 93.9 cm³/mol. The number of nitrogens with zero attached hydrogens (tertiary/aromatic N) is 1. The molecular weight excluding hydrogens is 320 g/mol. The van der Waals surface area contributed by atoms with Gasteiger partial charge in [0.15, 0.2) is 11.5 Å². The number of ether oxygens (including phenoxy) is 4. The second-order valence-electron chi connectivity index (χ2n) is 5.82. The van der Waals surface area contributed by atoms with Crippen molar-refractivity contribution in [1.29, 1.82) is 0 Å². The molecule has 6 heteroatoms. The number of fused-ring (bicyclic) bond motifs is 2. The van der Waals surface area contributed by atoms with E-state index in [2.05, 4.69) is 9.97 Å². The summed E-state index contributed by atoms with van der Waals surface area (Å²) in [5.41, 5.74) is 1.87. The average Bonchev–Trinajstić information content (AvgIpc) is 3.05. The molecule has 0 saturated heterocycles. The Hall–Kier alpha value is -2.89. The van der Waals surface area contributed by atoms with E-state index >= 15 is 0 Å². The van der Waals surface area contributed by atoms with Gasteiger partial charge in [-0.05, 0) is 30.7 Å². The Labute approximate surface area is 145 Å². The van der Waals surface area contributed by atoms with E-state index in [4.69, 9.17) is 18.9 Å². The Balaban J connectivity index is 1.34. The zero-order valence-corrected chi connectivity index (χ0v) is 14.1. The van der Waals surface area contributed by atoms with Crippen LogP contribution in [0, 0.1) is 0 Å². The van der Waals surface area contributed by atoms with Gasteiger partial charge < -0.3 is 23.9 Å². The standard InChI is InChI=1S/C19H20N2O4/c1-22-13-4-6-14(7-5-13)23-8-2-3-19-20-15-11-17-18(12-16(15)21-19)25-10-9-24-17/h4-7,11-12H,2-3,8-10H2,1H3,(H,20,21). The molecule has 1 aliphatic heterocycles. The van der Waals surface area contributed by atoms with Crippen LogP contribution in [-0.2, 0) is 6.42 Å². The van der Waals surface area contributed by atoms with Crippen LogP contribution in [0.15, 0.2) is 36.4 Å². The molecule has 0 bridgehead atoms. The lowest BCUT2D eigenvalue weighted by atomic mass is 10.2. The van der Waals surface area contributed by atoms with Gasteiger partial charge in [0, 0.05) is 18.6 Å². The van der Waals surface area contributed by atoms with Crippen LogP contribution in [0.5, 0.6) is 23.0 Å². The van der Waals surface area contributed by atoms with E-state index in [-0.39, 0.29) is 0 Å². The van der Waals surface area contributed by atoms with Gasteiger partial charge in [0.05, 0.1) is 24.8 Å². The SMILES string of the molecule is COc1ccc(OCCCc2nc3cc4c(cc3[nH]2)OCCO4)cc1. The summed E-state index contributed by atoms with van der Waals surface area (Å²) in [6.07, 6.45) is 1.69. The minimum Gasteiger partial charge on any atom is -0.497 e. The maximum atomic E-state index is 5.75. The molecule has 2 aromatic carbocycles. The van der Waals surface area contributed by atoms with Gasteiger partial charge in [-0.25, -0.2) is 4.98 Å². The van der Waals surface area contributed by atoms with Crippen molar-refractivity contribution in [2.45, 2.75) is 12.8 Å². The molecular formula is C19H20N2O4. The summed E-state index contributed by atoms with van der Waals surface area (Å²) >= 11 is 0. The molecule has 1 aromatic heterocycles. The van der Waals surface area contributed by atoms with Crippen molar-refractivity contribution in [2.24, 2.45) is 0 Å². The minimum atomic E-state index is 0.582. The fourth-order valence-electron chi connectivity index (χ4n) is 2.82. The van der Waals surface area contributed by atoms with Gasteiger partial charge >= 0.3 is 0 Å². The van der Waals surface area contributed by atoms with Crippen molar-refractivity contribution in [3.63, 3.8) is 0 Å². The Morgan fingerprint density at radius 3 is 2.52 bits per heavy atom. The number of aromatic nitrogens is 2. The molecule has 0 saturated carbocycles. The van der Waals surface area contributed by atoms with Crippen LogP contribution in [0.3, 0.4) is 0 Å². The normalized spacial score (nSPS) is 13.0. The van der Waals surface area contributed by atoms with Crippen molar-refractivity contribution in [1.82, 2.24) is 9.97 Å². The highest BCUT2D eigenvalue weighted by Gasteiger charge is 2.14. The first kappa shape index (κ1) is 15.6. The minimum absolute atomic E-state index is 0.582. The van der Waals surface area contributed by atoms with E-state index in [0.717, 1.165) is 52.7 Å². The molecule has 0 spiro atoms. The molecule has 0 unspecified atom stereocenters. The fraction of sp³-hybridized carbons (Fsp3) is 0.316. The van der Waals surface area contributed by atoms with Crippen molar-refractivity contribution in [3.05, 3.63) is 42.2 Å². The summed E-state index contributed by atoms with van der Waals surface area (Å²) in [5, 5.41) is 0. The lowest BCUT2D eigenvalue weighted by molar-refractivity contribution is 0.172. The Morgan fingerprint density at radius 1 is 1.04 bits per heavy atom. The summed E-state index contributed by atoms with van der Waals surface area (Å²) in [7, 11) is 1.65. The summed E-state index contributed by atoms with van der Waals surface area (Å²) in [4.78, 5) is 7.97. The van der Waals surface area contributed by atoms with Crippen LogP contribution in [0.1, 0.15) is 12.2 Å². The van der Waals surface area contributed by atoms with Crippen molar-refractivity contribution in [3.8, 4) is 23.0 Å². The highest BCUT2D eigenvalue weighted by Crippen LogP contribution is 2.33. The van der Waals surface area contributed by atoms with Crippen molar-refractivity contribution in [2.75, 3.05) is 26.9 Å². The highest BCUT2D eigenvalue weighted by molar-refractivity contribution is 5.79. The predicted octanol–water partition coefficient (Wildman–Crippen LogP) is 3.35. The number of imidazole rings is 1. The van der Waals surface area contributed by atoms with Crippen LogP contribution >= 0.6 is 0 Å². The first-order valence-corrected chi connectivity index (χ1v) is 8.37. The van der Waals surface area contributed by atoms with E-state index in [9.17, 15) is 0 Å². The van der Waals surface area contributed by atoms with Gasteiger partial charge in [-0.1, -0.05) is 0 Å². The topological polar surface area (TPSA) is 65.6 Å². The fourth-order valence-corrected chi connectivity index (χ4v) is 2.82. The number of nitrogens with one attached hydrogen (secondary N) is 1. The lowest BCUT2D eigenvalue weighted by Gasteiger charge is -2.17. The van der Waals surface area contributed by atoms with Gasteiger partial charge in [0.1, 0.15) is 30.5 Å². The van der Waals surface area contributed by atoms with Crippen LogP contribution in [0.2, 0.25) is 0 Å². The third kappa shape index (κ3) is 3.47. The Morgan fingerprint density at radius 2 is 1.76 bits per heavy atom. The molecule has 130 valence electrons. The summed E-state index contributed by atoms with van der Waals surface area (Å²) in [5.74, 6) is 4.14. The number of hydrogen-bond donors (Lipinski definition) is 1.